The van der Waals surface area contributed by atoms with Crippen molar-refractivity contribution in [1.29, 1.82) is 0 Å². The minimum Gasteiger partial charge on any atom is -0.503 e. The summed E-state index contributed by atoms with van der Waals surface area (Å²) >= 11 is 0. The van der Waals surface area contributed by atoms with Crippen molar-refractivity contribution in [3.8, 4) is 5.75 Å². The van der Waals surface area contributed by atoms with Crippen molar-refractivity contribution in [3.63, 3.8) is 0 Å². The van der Waals surface area contributed by atoms with Crippen molar-refractivity contribution >= 4 is 5.91 Å². The molecule has 0 saturated carbocycles. The summed E-state index contributed by atoms with van der Waals surface area (Å²) in [6.07, 6.45) is 1.20. The van der Waals surface area contributed by atoms with Crippen LogP contribution in [0.15, 0.2) is 29.2 Å². The Morgan fingerprint density at radius 2 is 2.18 bits per heavy atom. The van der Waals surface area contributed by atoms with Gasteiger partial charge in [-0.15, -0.1) is 0 Å². The van der Waals surface area contributed by atoms with E-state index in [1.165, 1.54) is 12.3 Å². The predicted molar refractivity (Wildman–Crippen MR) is 94.6 cm³/mol. The number of pyridine rings is 1. The molecule has 2 atom stereocenters. The molecule has 7 nitrogen and oxygen atoms in total. The third kappa shape index (κ3) is 3.16. The number of nitrogens with zero attached hydrogens (tertiary/aromatic N) is 2. The van der Waals surface area contributed by atoms with Crippen LogP contribution in [0.5, 0.6) is 5.75 Å². The number of rotatable bonds is 3. The van der Waals surface area contributed by atoms with Crippen molar-refractivity contribution in [3.05, 3.63) is 63.1 Å². The summed E-state index contributed by atoms with van der Waals surface area (Å²) in [6.45, 7) is 3.06. The van der Waals surface area contributed by atoms with E-state index in [-0.39, 0.29) is 29.9 Å². The number of carbonyl (C=O) groups is 1. The number of carbonyl (C=O) groups excluding carboxylic acids is 1. The Morgan fingerprint density at radius 1 is 1.39 bits per heavy atom. The molecular weight excluding hydrogens is 372 g/mol. The third-order valence-electron chi connectivity index (χ3n) is 5.21. The monoisotopic (exact) mass is 391 g/mol. The number of aromatic hydroxyl groups is 1. The molecule has 0 radical (unpaired) electrons. The molecule has 1 aromatic heterocycles. The van der Waals surface area contributed by atoms with E-state index in [2.05, 4.69) is 5.32 Å². The topological polar surface area (TPSA) is 83.8 Å². The Labute approximate surface area is 159 Å². The Bertz CT molecular complexity index is 1010. The van der Waals surface area contributed by atoms with Gasteiger partial charge in [0, 0.05) is 37.0 Å². The van der Waals surface area contributed by atoms with E-state index in [0.717, 1.165) is 12.1 Å². The number of amides is 1. The van der Waals surface area contributed by atoms with Crippen LogP contribution in [-0.2, 0) is 24.4 Å². The molecule has 0 spiro atoms. The molecule has 1 saturated heterocycles. The van der Waals surface area contributed by atoms with Crippen LogP contribution in [-0.4, -0.2) is 39.4 Å². The van der Waals surface area contributed by atoms with Crippen molar-refractivity contribution in [1.82, 2.24) is 14.8 Å². The molecule has 9 heteroatoms. The molecule has 2 aromatic rings. The van der Waals surface area contributed by atoms with Crippen LogP contribution >= 0.6 is 0 Å². The first kappa shape index (κ1) is 18.6. The fourth-order valence-corrected chi connectivity index (χ4v) is 3.60. The van der Waals surface area contributed by atoms with Crippen LogP contribution < -0.4 is 10.7 Å². The van der Waals surface area contributed by atoms with Crippen LogP contribution in [0.4, 0.5) is 8.78 Å². The Balaban J connectivity index is 1.58. The standard InChI is InChI=1S/C19H19F2N3O4/c1-10-9-28-16-8-23-6-13(17(25)18(26)15(23)7-24(10)16)19(27)22-5-11-2-3-12(20)4-14(11)21/h2-4,6,10,16,26H,5,7-9H2,1H3,(H,22,27)/t10-,16+/m0/s1. The Hall–Kier alpha value is -2.78. The molecule has 2 aliphatic rings. The number of nitrogens with one attached hydrogen (secondary N) is 1. The molecule has 0 unspecified atom stereocenters. The van der Waals surface area contributed by atoms with Crippen LogP contribution in [0.1, 0.15) is 28.5 Å². The molecule has 1 amide bonds. The second-order valence-electron chi connectivity index (χ2n) is 7.05. The van der Waals surface area contributed by atoms with E-state index in [9.17, 15) is 23.5 Å². The minimum absolute atomic E-state index is 0.0843. The molecule has 4 rings (SSSR count). The number of aromatic nitrogens is 1. The average Bonchev–Trinajstić information content (AvgIpc) is 3.02. The summed E-state index contributed by atoms with van der Waals surface area (Å²) in [4.78, 5) is 27.0. The van der Waals surface area contributed by atoms with Gasteiger partial charge in [0.25, 0.3) is 5.91 Å². The highest BCUT2D eigenvalue weighted by atomic mass is 19.1. The van der Waals surface area contributed by atoms with Crippen molar-refractivity contribution in [2.45, 2.75) is 38.8 Å². The van der Waals surface area contributed by atoms with Crippen LogP contribution in [0.25, 0.3) is 0 Å². The van der Waals surface area contributed by atoms with Crippen LogP contribution in [0.3, 0.4) is 0 Å². The van der Waals surface area contributed by atoms with E-state index < -0.39 is 28.7 Å². The summed E-state index contributed by atoms with van der Waals surface area (Å²) in [5, 5.41) is 12.8. The summed E-state index contributed by atoms with van der Waals surface area (Å²) in [6, 6.07) is 3.19. The van der Waals surface area contributed by atoms with Gasteiger partial charge in [0.1, 0.15) is 23.4 Å². The Kier molecular flexibility index (Phi) is 4.64. The first-order chi connectivity index (χ1) is 13.3. The van der Waals surface area contributed by atoms with Gasteiger partial charge in [-0.1, -0.05) is 6.07 Å². The summed E-state index contributed by atoms with van der Waals surface area (Å²) in [5.41, 5.74) is -0.515. The molecule has 2 N–H and O–H groups in total. The molecule has 1 fully saturated rings. The van der Waals surface area contributed by atoms with Gasteiger partial charge in [-0.05, 0) is 13.0 Å². The van der Waals surface area contributed by atoms with Gasteiger partial charge in [0.2, 0.25) is 5.43 Å². The molecule has 3 heterocycles. The highest BCUT2D eigenvalue weighted by Crippen LogP contribution is 2.29. The lowest BCUT2D eigenvalue weighted by Crippen LogP contribution is -2.44. The van der Waals surface area contributed by atoms with Gasteiger partial charge in [0.05, 0.1) is 18.8 Å². The molecule has 148 valence electrons. The fourth-order valence-electron chi connectivity index (χ4n) is 3.60. The van der Waals surface area contributed by atoms with E-state index in [0.29, 0.717) is 25.4 Å². The number of ether oxygens (including phenoxy) is 1. The largest absolute Gasteiger partial charge is 0.503 e. The van der Waals surface area contributed by atoms with E-state index >= 15 is 0 Å². The smallest absolute Gasteiger partial charge is 0.257 e. The SMILES string of the molecule is C[C@H]1CO[C@@H]2Cn3cc(C(=O)NCc4ccc(F)cc4F)c(=O)c(O)c3CN12. The molecule has 1 aromatic carbocycles. The first-order valence-corrected chi connectivity index (χ1v) is 8.90. The molecule has 0 bridgehead atoms. The zero-order valence-corrected chi connectivity index (χ0v) is 15.1. The van der Waals surface area contributed by atoms with Gasteiger partial charge in [-0.2, -0.15) is 0 Å². The van der Waals surface area contributed by atoms with E-state index in [4.69, 9.17) is 4.74 Å². The lowest BCUT2D eigenvalue weighted by Gasteiger charge is -2.34. The molecule has 0 aliphatic carbocycles. The number of halogens is 2. The lowest BCUT2D eigenvalue weighted by molar-refractivity contribution is -0.00313. The zero-order valence-electron chi connectivity index (χ0n) is 15.1. The number of hydrogen-bond acceptors (Lipinski definition) is 5. The summed E-state index contributed by atoms with van der Waals surface area (Å²) in [7, 11) is 0. The fraction of sp³-hybridized carbons (Fsp3) is 0.368. The number of benzene rings is 1. The van der Waals surface area contributed by atoms with E-state index in [1.54, 1.807) is 4.57 Å². The normalized spacial score (nSPS) is 21.2. The second-order valence-corrected chi connectivity index (χ2v) is 7.05. The Morgan fingerprint density at radius 3 is 2.93 bits per heavy atom. The second kappa shape index (κ2) is 6.99. The van der Waals surface area contributed by atoms with Gasteiger partial charge in [-0.25, -0.2) is 8.78 Å². The van der Waals surface area contributed by atoms with Crippen molar-refractivity contribution < 1.29 is 23.4 Å². The van der Waals surface area contributed by atoms with Gasteiger partial charge in [-0.3, -0.25) is 14.5 Å². The first-order valence-electron chi connectivity index (χ1n) is 8.90. The van der Waals surface area contributed by atoms with Crippen molar-refractivity contribution in [2.24, 2.45) is 0 Å². The number of hydrogen-bond donors (Lipinski definition) is 2. The van der Waals surface area contributed by atoms with Gasteiger partial charge < -0.3 is 19.7 Å². The van der Waals surface area contributed by atoms with Gasteiger partial charge in [0.15, 0.2) is 5.75 Å². The van der Waals surface area contributed by atoms with E-state index in [1.807, 2.05) is 11.8 Å². The molecule has 2 aliphatic heterocycles. The predicted octanol–water partition coefficient (Wildman–Crippen LogP) is 1.32. The number of fused-ring (bicyclic) bond motifs is 2. The maximum absolute atomic E-state index is 13.7. The maximum atomic E-state index is 13.7. The van der Waals surface area contributed by atoms with Crippen molar-refractivity contribution in [2.75, 3.05) is 6.61 Å². The van der Waals surface area contributed by atoms with Crippen LogP contribution in [0, 0.1) is 11.6 Å². The summed E-state index contributed by atoms with van der Waals surface area (Å²) < 4.78 is 34.0. The van der Waals surface area contributed by atoms with Gasteiger partial charge >= 0.3 is 0 Å². The minimum atomic E-state index is -0.794. The third-order valence-corrected chi connectivity index (χ3v) is 5.21. The highest BCUT2D eigenvalue weighted by Gasteiger charge is 2.37. The van der Waals surface area contributed by atoms with Crippen LogP contribution in [0.2, 0.25) is 0 Å². The zero-order chi connectivity index (χ0) is 20.0. The highest BCUT2D eigenvalue weighted by molar-refractivity contribution is 5.94. The molecular formula is C19H19F2N3O4. The summed E-state index contributed by atoms with van der Waals surface area (Å²) in [5.74, 6) is -2.73. The molecule has 28 heavy (non-hydrogen) atoms. The maximum Gasteiger partial charge on any atom is 0.257 e. The lowest BCUT2D eigenvalue weighted by atomic mass is 10.1. The average molecular weight is 391 g/mol. The quantitative estimate of drug-likeness (QED) is 0.825.